The van der Waals surface area contributed by atoms with Crippen molar-refractivity contribution in [2.45, 2.75) is 12.1 Å². The smallest absolute Gasteiger partial charge is 0.240 e. The molecule has 174 valence electrons. The van der Waals surface area contributed by atoms with E-state index in [0.717, 1.165) is 15.7 Å². The van der Waals surface area contributed by atoms with Crippen LogP contribution in [-0.2, 0) is 9.59 Å². The fourth-order valence-electron chi connectivity index (χ4n) is 5.58. The van der Waals surface area contributed by atoms with E-state index in [-0.39, 0.29) is 23.6 Å². The molecule has 4 atom stereocenters. The summed E-state index contributed by atoms with van der Waals surface area (Å²) in [5.41, 5.74) is 2.81. The first-order valence-corrected chi connectivity index (χ1v) is 12.2. The Balaban J connectivity index is 1.47. The van der Waals surface area contributed by atoms with Gasteiger partial charge in [-0.25, -0.2) is 4.90 Å². The monoisotopic (exact) mass is 528 g/mol. The first-order chi connectivity index (χ1) is 17.0. The number of benzene rings is 3. The number of Topliss-reactive ketones (excluding diaryl/α,β-unsaturated/α-hetero) is 1. The average Bonchev–Trinajstić information content (AvgIpc) is 3.37. The SMILES string of the molecule is COc1ccc(C(=O)[C@@H]2[C@@H]3C(=O)N(c4ccc(Br)cc4)C(=O)[C@H]3[C@H]3C=Cc4ccccc4N32)cc1. The van der Waals surface area contributed by atoms with Gasteiger partial charge in [-0.05, 0) is 60.2 Å². The first kappa shape index (κ1) is 21.8. The number of methoxy groups -OCH3 is 1. The van der Waals surface area contributed by atoms with Crippen LogP contribution in [-0.4, -0.2) is 36.8 Å². The third kappa shape index (κ3) is 3.26. The first-order valence-electron chi connectivity index (χ1n) is 11.4. The number of fused-ring (bicyclic) bond motifs is 5. The molecule has 3 aromatic carbocycles. The summed E-state index contributed by atoms with van der Waals surface area (Å²) in [6.07, 6.45) is 3.94. The van der Waals surface area contributed by atoms with E-state index in [0.29, 0.717) is 17.0 Å². The topological polar surface area (TPSA) is 66.9 Å². The molecule has 7 heteroatoms. The highest BCUT2D eigenvalue weighted by molar-refractivity contribution is 9.10. The summed E-state index contributed by atoms with van der Waals surface area (Å²) in [4.78, 5) is 44.8. The van der Waals surface area contributed by atoms with Gasteiger partial charge in [-0.3, -0.25) is 14.4 Å². The van der Waals surface area contributed by atoms with Gasteiger partial charge in [0, 0.05) is 15.7 Å². The summed E-state index contributed by atoms with van der Waals surface area (Å²) in [5.74, 6) is -1.59. The zero-order valence-electron chi connectivity index (χ0n) is 18.8. The summed E-state index contributed by atoms with van der Waals surface area (Å²) in [6.45, 7) is 0. The summed E-state index contributed by atoms with van der Waals surface area (Å²) in [5, 5.41) is 0. The maximum absolute atomic E-state index is 14.0. The van der Waals surface area contributed by atoms with Crippen molar-refractivity contribution in [2.24, 2.45) is 11.8 Å². The van der Waals surface area contributed by atoms with Crippen LogP contribution in [0.4, 0.5) is 11.4 Å². The van der Waals surface area contributed by atoms with Crippen molar-refractivity contribution >= 4 is 51.0 Å². The molecule has 2 fully saturated rings. The lowest BCUT2D eigenvalue weighted by Gasteiger charge is -2.36. The van der Waals surface area contributed by atoms with Crippen LogP contribution in [0.15, 0.2) is 83.3 Å². The van der Waals surface area contributed by atoms with Gasteiger partial charge in [-0.1, -0.05) is 46.3 Å². The standard InChI is InChI=1S/C28H21BrN2O4/c1-35-20-13-6-17(7-14-20)26(32)25-24-23(22-15-8-16-4-2-3-5-21(16)31(22)25)27(33)30(28(24)34)19-11-9-18(29)10-12-19/h2-15,22-25H,1H3/t22-,23+,24-,25+/m1/s1. The molecule has 35 heavy (non-hydrogen) atoms. The number of nitrogens with zero attached hydrogens (tertiary/aromatic N) is 2. The van der Waals surface area contributed by atoms with Gasteiger partial charge in [0.25, 0.3) is 0 Å². The maximum Gasteiger partial charge on any atom is 0.240 e. The van der Waals surface area contributed by atoms with Crippen LogP contribution in [0.25, 0.3) is 6.08 Å². The van der Waals surface area contributed by atoms with Crippen molar-refractivity contribution in [3.8, 4) is 5.75 Å². The molecule has 0 aromatic heterocycles. The lowest BCUT2D eigenvalue weighted by atomic mass is 9.86. The van der Waals surface area contributed by atoms with Gasteiger partial charge in [0.2, 0.25) is 11.8 Å². The Hall–Kier alpha value is -3.71. The zero-order valence-corrected chi connectivity index (χ0v) is 20.4. The Morgan fingerprint density at radius 3 is 2.29 bits per heavy atom. The van der Waals surface area contributed by atoms with Gasteiger partial charge >= 0.3 is 0 Å². The van der Waals surface area contributed by atoms with Crippen LogP contribution in [0.3, 0.4) is 0 Å². The number of rotatable bonds is 4. The molecule has 0 N–H and O–H groups in total. The number of hydrogen-bond donors (Lipinski definition) is 0. The fraction of sp³-hybridized carbons (Fsp3) is 0.179. The summed E-state index contributed by atoms with van der Waals surface area (Å²) >= 11 is 3.40. The molecular weight excluding hydrogens is 508 g/mol. The average molecular weight is 529 g/mol. The number of ether oxygens (including phenoxy) is 1. The molecule has 0 aliphatic carbocycles. The highest BCUT2D eigenvalue weighted by Gasteiger charge is 2.64. The van der Waals surface area contributed by atoms with Crippen LogP contribution in [0.1, 0.15) is 15.9 Å². The molecule has 2 amide bonds. The number of carbonyl (C=O) groups excluding carboxylic acids is 3. The highest BCUT2D eigenvalue weighted by atomic mass is 79.9. The number of carbonyl (C=O) groups is 3. The number of imide groups is 1. The molecule has 0 radical (unpaired) electrons. The van der Waals surface area contributed by atoms with Gasteiger partial charge in [0.15, 0.2) is 5.78 Å². The minimum absolute atomic E-state index is 0.186. The van der Waals surface area contributed by atoms with E-state index < -0.39 is 17.9 Å². The molecule has 2 saturated heterocycles. The van der Waals surface area contributed by atoms with Crippen molar-refractivity contribution < 1.29 is 19.1 Å². The number of anilines is 2. The molecule has 6 nitrogen and oxygen atoms in total. The maximum atomic E-state index is 14.0. The van der Waals surface area contributed by atoms with E-state index in [4.69, 9.17) is 4.74 Å². The minimum atomic E-state index is -0.804. The van der Waals surface area contributed by atoms with Crippen LogP contribution in [0.5, 0.6) is 5.75 Å². The van der Waals surface area contributed by atoms with Crippen LogP contribution in [0, 0.1) is 11.8 Å². The number of halogens is 1. The summed E-state index contributed by atoms with van der Waals surface area (Å²) < 4.78 is 6.09. The largest absolute Gasteiger partial charge is 0.497 e. The van der Waals surface area contributed by atoms with Gasteiger partial charge < -0.3 is 9.64 Å². The summed E-state index contributed by atoms with van der Waals surface area (Å²) in [7, 11) is 1.57. The molecule has 0 bridgehead atoms. The Morgan fingerprint density at radius 1 is 0.886 bits per heavy atom. The van der Waals surface area contributed by atoms with Crippen molar-refractivity contribution in [3.05, 3.63) is 94.5 Å². The number of amides is 2. The van der Waals surface area contributed by atoms with Crippen LogP contribution in [0.2, 0.25) is 0 Å². The second-order valence-electron chi connectivity index (χ2n) is 8.89. The number of hydrogen-bond acceptors (Lipinski definition) is 5. The molecule has 3 heterocycles. The quantitative estimate of drug-likeness (QED) is 0.361. The van der Waals surface area contributed by atoms with Crippen LogP contribution >= 0.6 is 15.9 Å². The van der Waals surface area contributed by atoms with Crippen LogP contribution < -0.4 is 14.5 Å². The molecular formula is C28H21BrN2O4. The molecule has 0 unspecified atom stereocenters. The van der Waals surface area contributed by atoms with Gasteiger partial charge in [-0.15, -0.1) is 0 Å². The van der Waals surface area contributed by atoms with Gasteiger partial charge in [0.05, 0.1) is 30.7 Å². The Bertz CT molecular complexity index is 1380. The van der Waals surface area contributed by atoms with Gasteiger partial charge in [0.1, 0.15) is 11.8 Å². The van der Waals surface area contributed by atoms with E-state index >= 15 is 0 Å². The zero-order chi connectivity index (χ0) is 24.3. The van der Waals surface area contributed by atoms with E-state index in [1.807, 2.05) is 41.3 Å². The third-order valence-corrected chi connectivity index (χ3v) is 7.67. The lowest BCUT2D eigenvalue weighted by molar-refractivity contribution is -0.122. The third-order valence-electron chi connectivity index (χ3n) is 7.14. The minimum Gasteiger partial charge on any atom is -0.497 e. The Labute approximate surface area is 210 Å². The van der Waals surface area contributed by atoms with Gasteiger partial charge in [-0.2, -0.15) is 0 Å². The van der Waals surface area contributed by atoms with E-state index in [2.05, 4.69) is 15.9 Å². The van der Waals surface area contributed by atoms with Crippen molar-refractivity contribution in [1.29, 1.82) is 0 Å². The molecule has 3 aromatic rings. The molecule has 6 rings (SSSR count). The van der Waals surface area contributed by atoms with Crippen molar-refractivity contribution in [1.82, 2.24) is 0 Å². The Kier molecular flexibility index (Phi) is 5.11. The van der Waals surface area contributed by atoms with E-state index in [9.17, 15) is 14.4 Å². The fourth-order valence-corrected chi connectivity index (χ4v) is 5.85. The predicted molar refractivity (Wildman–Crippen MR) is 136 cm³/mol. The molecule has 3 aliphatic heterocycles. The Morgan fingerprint density at radius 2 is 1.57 bits per heavy atom. The molecule has 0 spiro atoms. The number of ketones is 1. The highest BCUT2D eigenvalue weighted by Crippen LogP contribution is 2.49. The normalized spacial score (nSPS) is 24.3. The van der Waals surface area contributed by atoms with Crippen molar-refractivity contribution in [3.63, 3.8) is 0 Å². The second-order valence-corrected chi connectivity index (χ2v) is 9.81. The molecule has 3 aliphatic rings. The lowest BCUT2D eigenvalue weighted by Crippen LogP contribution is -2.48. The van der Waals surface area contributed by atoms with E-state index in [1.165, 1.54) is 4.90 Å². The summed E-state index contributed by atoms with van der Waals surface area (Å²) in [6, 6.07) is 20.5. The van der Waals surface area contributed by atoms with E-state index in [1.54, 1.807) is 55.6 Å². The molecule has 0 saturated carbocycles. The number of para-hydroxylation sites is 1. The predicted octanol–water partition coefficient (Wildman–Crippen LogP) is 4.73. The second kappa shape index (κ2) is 8.20. The van der Waals surface area contributed by atoms with Crippen molar-refractivity contribution in [2.75, 3.05) is 16.9 Å².